The summed E-state index contributed by atoms with van der Waals surface area (Å²) in [7, 11) is 0. The van der Waals surface area contributed by atoms with Crippen LogP contribution >= 0.6 is 23.2 Å². The number of carboxylic acid groups (broad SMARTS) is 1. The summed E-state index contributed by atoms with van der Waals surface area (Å²) in [5, 5.41) is 17.2. The van der Waals surface area contributed by atoms with Gasteiger partial charge in [-0.15, -0.1) is 0 Å². The second-order valence-corrected chi connectivity index (χ2v) is 7.08. The molecule has 0 spiro atoms. The minimum atomic E-state index is -0.881. The van der Waals surface area contributed by atoms with Crippen LogP contribution in [0, 0.1) is 19.8 Å². The number of hydrogen-bond acceptors (Lipinski definition) is 3. The van der Waals surface area contributed by atoms with Crippen LogP contribution in [0.4, 0.5) is 10.6 Å². The molecule has 1 aliphatic heterocycles. The fraction of sp³-hybridized carbons (Fsp3) is 0.353. The molecule has 1 unspecified atom stereocenters. The number of halogens is 2. The first-order valence-electron chi connectivity index (χ1n) is 8.08. The van der Waals surface area contributed by atoms with Crippen molar-refractivity contribution < 1.29 is 14.7 Å². The maximum Gasteiger partial charge on any atom is 0.323 e. The molecular formula is C17H18Cl2N4O3. The Morgan fingerprint density at radius 2 is 2.00 bits per heavy atom. The molecule has 3 rings (SSSR count). The molecule has 1 atom stereocenters. The second-order valence-electron chi connectivity index (χ2n) is 6.27. The number of hydrogen-bond donors (Lipinski definition) is 2. The van der Waals surface area contributed by atoms with Crippen LogP contribution in [-0.2, 0) is 4.79 Å². The van der Waals surface area contributed by atoms with Gasteiger partial charge in [0.2, 0.25) is 0 Å². The lowest BCUT2D eigenvalue weighted by atomic mass is 10.1. The van der Waals surface area contributed by atoms with Gasteiger partial charge in [-0.25, -0.2) is 9.48 Å². The third kappa shape index (κ3) is 3.50. The SMILES string of the molecule is Cc1nn(-c2ccc(Cl)c(Cl)c2)c(NC(=O)N2CCC(C(=O)O)C2)c1C. The molecule has 26 heavy (non-hydrogen) atoms. The van der Waals surface area contributed by atoms with Gasteiger partial charge in [0.15, 0.2) is 0 Å². The number of aryl methyl sites for hydroxylation is 1. The van der Waals surface area contributed by atoms with E-state index < -0.39 is 11.9 Å². The highest BCUT2D eigenvalue weighted by Crippen LogP contribution is 2.28. The Hall–Kier alpha value is -2.25. The molecule has 9 heteroatoms. The number of amides is 2. The number of nitrogens with zero attached hydrogens (tertiary/aromatic N) is 3. The summed E-state index contributed by atoms with van der Waals surface area (Å²) >= 11 is 12.1. The smallest absolute Gasteiger partial charge is 0.323 e. The normalized spacial score (nSPS) is 16.8. The highest BCUT2D eigenvalue weighted by molar-refractivity contribution is 6.42. The minimum absolute atomic E-state index is 0.195. The van der Waals surface area contributed by atoms with Crippen LogP contribution < -0.4 is 5.32 Å². The van der Waals surface area contributed by atoms with E-state index in [4.69, 9.17) is 28.3 Å². The molecule has 138 valence electrons. The predicted molar refractivity (Wildman–Crippen MR) is 99.4 cm³/mol. The van der Waals surface area contributed by atoms with Crippen LogP contribution in [0.2, 0.25) is 10.0 Å². The van der Waals surface area contributed by atoms with Crippen molar-refractivity contribution in [2.75, 3.05) is 18.4 Å². The van der Waals surface area contributed by atoms with Crippen LogP contribution in [0.5, 0.6) is 0 Å². The molecule has 1 fully saturated rings. The molecule has 0 bridgehead atoms. The fourth-order valence-electron chi connectivity index (χ4n) is 2.88. The van der Waals surface area contributed by atoms with Gasteiger partial charge in [-0.1, -0.05) is 23.2 Å². The zero-order chi connectivity index (χ0) is 19.0. The van der Waals surface area contributed by atoms with E-state index in [1.54, 1.807) is 22.9 Å². The molecular weight excluding hydrogens is 379 g/mol. The molecule has 2 aromatic rings. The highest BCUT2D eigenvalue weighted by atomic mass is 35.5. The lowest BCUT2D eigenvalue weighted by Gasteiger charge is -2.18. The number of likely N-dealkylation sites (tertiary alicyclic amines) is 1. The first kappa shape index (κ1) is 18.5. The average Bonchev–Trinajstić information content (AvgIpc) is 3.18. The number of carbonyl (C=O) groups is 2. The number of carboxylic acids is 1. The summed E-state index contributed by atoms with van der Waals surface area (Å²) in [5.74, 6) is -0.888. The Kier molecular flexibility index (Phi) is 5.11. The zero-order valence-corrected chi connectivity index (χ0v) is 15.8. The van der Waals surface area contributed by atoms with Crippen LogP contribution in [0.3, 0.4) is 0 Å². The number of nitrogens with one attached hydrogen (secondary N) is 1. The largest absolute Gasteiger partial charge is 0.481 e. The van der Waals surface area contributed by atoms with E-state index in [1.165, 1.54) is 4.90 Å². The van der Waals surface area contributed by atoms with Crippen molar-refractivity contribution in [3.05, 3.63) is 39.5 Å². The highest BCUT2D eigenvalue weighted by Gasteiger charge is 2.31. The minimum Gasteiger partial charge on any atom is -0.481 e. The van der Waals surface area contributed by atoms with Gasteiger partial charge in [-0.3, -0.25) is 10.1 Å². The molecule has 1 aromatic heterocycles. The van der Waals surface area contributed by atoms with E-state index >= 15 is 0 Å². The molecule has 2 amide bonds. The van der Waals surface area contributed by atoms with E-state index in [1.807, 2.05) is 13.8 Å². The molecule has 1 aromatic carbocycles. The van der Waals surface area contributed by atoms with Gasteiger partial charge in [0.25, 0.3) is 0 Å². The number of urea groups is 1. The first-order chi connectivity index (χ1) is 12.3. The standard InChI is InChI=1S/C17H18Cl2N4O3/c1-9-10(2)21-23(12-3-4-13(18)14(19)7-12)15(9)20-17(26)22-6-5-11(8-22)16(24)25/h3-4,7,11H,5-6,8H2,1-2H3,(H,20,26)(H,24,25). The van der Waals surface area contributed by atoms with Gasteiger partial charge >= 0.3 is 12.0 Å². The van der Waals surface area contributed by atoms with Gasteiger partial charge in [-0.2, -0.15) is 5.10 Å². The van der Waals surface area contributed by atoms with Crippen molar-refractivity contribution in [3.63, 3.8) is 0 Å². The Morgan fingerprint density at radius 3 is 2.62 bits per heavy atom. The van der Waals surface area contributed by atoms with Gasteiger partial charge < -0.3 is 10.0 Å². The first-order valence-corrected chi connectivity index (χ1v) is 8.84. The van der Waals surface area contributed by atoms with Crippen molar-refractivity contribution in [1.82, 2.24) is 14.7 Å². The number of aromatic nitrogens is 2. The number of anilines is 1. The van der Waals surface area contributed by atoms with E-state index in [0.29, 0.717) is 34.5 Å². The lowest BCUT2D eigenvalue weighted by molar-refractivity contribution is -0.141. The van der Waals surface area contributed by atoms with Crippen LogP contribution in [0.15, 0.2) is 18.2 Å². The monoisotopic (exact) mass is 396 g/mol. The Balaban J connectivity index is 1.87. The molecule has 1 aliphatic rings. The van der Waals surface area contributed by atoms with Crippen LogP contribution in [0.1, 0.15) is 17.7 Å². The molecule has 0 saturated carbocycles. The topological polar surface area (TPSA) is 87.5 Å². The van der Waals surface area contributed by atoms with Crippen molar-refractivity contribution in [1.29, 1.82) is 0 Å². The Bertz CT molecular complexity index is 881. The summed E-state index contributed by atoms with van der Waals surface area (Å²) < 4.78 is 1.59. The van der Waals surface area contributed by atoms with Crippen LogP contribution in [-0.4, -0.2) is 44.9 Å². The summed E-state index contributed by atoms with van der Waals surface area (Å²) in [6, 6.07) is 4.74. The summed E-state index contributed by atoms with van der Waals surface area (Å²) in [6.07, 6.45) is 0.451. The van der Waals surface area contributed by atoms with Crippen molar-refractivity contribution in [2.45, 2.75) is 20.3 Å². The number of rotatable bonds is 3. The lowest BCUT2D eigenvalue weighted by Crippen LogP contribution is -2.34. The molecule has 1 saturated heterocycles. The average molecular weight is 397 g/mol. The van der Waals surface area contributed by atoms with Gasteiger partial charge in [0.1, 0.15) is 5.82 Å². The zero-order valence-electron chi connectivity index (χ0n) is 14.3. The number of benzene rings is 1. The van der Waals surface area contributed by atoms with Crippen molar-refractivity contribution in [2.24, 2.45) is 5.92 Å². The molecule has 2 N–H and O–H groups in total. The predicted octanol–water partition coefficient (Wildman–Crippen LogP) is 3.73. The van der Waals surface area contributed by atoms with Crippen molar-refractivity contribution >= 4 is 41.0 Å². The third-order valence-corrected chi connectivity index (χ3v) is 5.30. The maximum atomic E-state index is 12.6. The van der Waals surface area contributed by atoms with Crippen LogP contribution in [0.25, 0.3) is 5.69 Å². The van der Waals surface area contributed by atoms with Gasteiger partial charge in [0.05, 0.1) is 27.3 Å². The third-order valence-electron chi connectivity index (χ3n) is 4.56. The number of aliphatic carboxylic acids is 1. The van der Waals surface area contributed by atoms with E-state index in [0.717, 1.165) is 11.3 Å². The summed E-state index contributed by atoms with van der Waals surface area (Å²) in [4.78, 5) is 25.2. The second kappa shape index (κ2) is 7.17. The van der Waals surface area contributed by atoms with E-state index in [2.05, 4.69) is 10.4 Å². The Labute approximate surface area is 160 Å². The quantitative estimate of drug-likeness (QED) is 0.826. The summed E-state index contributed by atoms with van der Waals surface area (Å²) in [6.45, 7) is 4.30. The molecule has 0 radical (unpaired) electrons. The fourth-order valence-corrected chi connectivity index (χ4v) is 3.17. The van der Waals surface area contributed by atoms with E-state index in [-0.39, 0.29) is 12.6 Å². The van der Waals surface area contributed by atoms with Gasteiger partial charge in [0, 0.05) is 18.7 Å². The van der Waals surface area contributed by atoms with Gasteiger partial charge in [-0.05, 0) is 38.5 Å². The number of carbonyl (C=O) groups excluding carboxylic acids is 1. The molecule has 0 aliphatic carbocycles. The van der Waals surface area contributed by atoms with E-state index in [9.17, 15) is 9.59 Å². The Morgan fingerprint density at radius 1 is 1.27 bits per heavy atom. The molecule has 2 heterocycles. The van der Waals surface area contributed by atoms with Crippen molar-refractivity contribution in [3.8, 4) is 5.69 Å². The summed E-state index contributed by atoms with van der Waals surface area (Å²) in [5.41, 5.74) is 2.24. The maximum absolute atomic E-state index is 12.6. The molecule has 7 nitrogen and oxygen atoms in total.